The van der Waals surface area contributed by atoms with E-state index in [4.69, 9.17) is 10.5 Å². The second-order valence-electron chi connectivity index (χ2n) is 4.84. The molecule has 4 nitrogen and oxygen atoms in total. The van der Waals surface area contributed by atoms with Crippen molar-refractivity contribution in [3.63, 3.8) is 0 Å². The molecule has 0 radical (unpaired) electrons. The van der Waals surface area contributed by atoms with Gasteiger partial charge in [0.05, 0.1) is 0 Å². The van der Waals surface area contributed by atoms with Crippen molar-refractivity contribution in [2.45, 2.75) is 45.1 Å². The molecular formula is C11H18N2O2. The van der Waals surface area contributed by atoms with E-state index < -0.39 is 5.60 Å². The molecule has 0 aromatic heterocycles. The molecule has 1 spiro atoms. The third-order valence-corrected chi connectivity index (χ3v) is 3.58. The van der Waals surface area contributed by atoms with Gasteiger partial charge in [0.2, 0.25) is 0 Å². The fourth-order valence-electron chi connectivity index (χ4n) is 2.88. The van der Waals surface area contributed by atoms with Gasteiger partial charge >= 0.3 is 0 Å². The summed E-state index contributed by atoms with van der Waals surface area (Å²) in [5, 5.41) is 0. The molecule has 1 aliphatic heterocycles. The van der Waals surface area contributed by atoms with Crippen LogP contribution in [0.2, 0.25) is 0 Å². The molecule has 0 saturated heterocycles. The third kappa shape index (κ3) is 1.52. The number of amidine groups is 1. The van der Waals surface area contributed by atoms with Gasteiger partial charge in [0.25, 0.3) is 11.9 Å². The number of nitrogens with two attached hydrogens (primary N) is 1. The van der Waals surface area contributed by atoms with Gasteiger partial charge in [-0.3, -0.25) is 4.79 Å². The Kier molecular flexibility index (Phi) is 2.44. The first-order chi connectivity index (χ1) is 7.06. The number of nitrogens with zero attached hydrogens (tertiary/aromatic N) is 1. The lowest BCUT2D eigenvalue weighted by molar-refractivity contribution is -0.141. The molecule has 1 fully saturated rings. The summed E-state index contributed by atoms with van der Waals surface area (Å²) in [6, 6.07) is 0.0487. The van der Waals surface area contributed by atoms with Crippen LogP contribution in [0, 0.1) is 11.8 Å². The van der Waals surface area contributed by atoms with Crippen LogP contribution in [-0.4, -0.2) is 17.5 Å². The Hall–Kier alpha value is -1.06. The van der Waals surface area contributed by atoms with Gasteiger partial charge in [-0.1, -0.05) is 20.3 Å². The van der Waals surface area contributed by atoms with Gasteiger partial charge in [-0.05, 0) is 25.2 Å². The van der Waals surface area contributed by atoms with E-state index in [-0.39, 0.29) is 17.8 Å². The van der Waals surface area contributed by atoms with Crippen LogP contribution in [0.4, 0.5) is 0 Å². The molecule has 1 amide bonds. The standard InChI is InChI=1S/C11H18N2O2/c1-7(2)8-5-3-4-6-11(8)9(14)13-10(12)15-11/h7-8H,3-6H2,1-2H3,(H2,12,13,14). The van der Waals surface area contributed by atoms with Gasteiger partial charge in [0.15, 0.2) is 5.60 Å². The summed E-state index contributed by atoms with van der Waals surface area (Å²) in [4.78, 5) is 15.6. The van der Waals surface area contributed by atoms with E-state index in [0.717, 1.165) is 19.3 Å². The maximum absolute atomic E-state index is 11.9. The van der Waals surface area contributed by atoms with Crippen LogP contribution in [0.3, 0.4) is 0 Å². The minimum Gasteiger partial charge on any atom is -0.448 e. The van der Waals surface area contributed by atoms with Crippen LogP contribution in [0.15, 0.2) is 4.99 Å². The van der Waals surface area contributed by atoms with E-state index in [1.807, 2.05) is 0 Å². The molecular weight excluding hydrogens is 192 g/mol. The Morgan fingerprint density at radius 3 is 2.80 bits per heavy atom. The van der Waals surface area contributed by atoms with E-state index in [9.17, 15) is 4.79 Å². The molecule has 1 aliphatic carbocycles. The zero-order valence-corrected chi connectivity index (χ0v) is 9.32. The maximum atomic E-state index is 11.9. The molecule has 2 rings (SSSR count). The second-order valence-corrected chi connectivity index (χ2v) is 4.84. The molecule has 1 saturated carbocycles. The summed E-state index contributed by atoms with van der Waals surface area (Å²) in [5.74, 6) is 0.511. The fraction of sp³-hybridized carbons (Fsp3) is 0.818. The number of carbonyl (C=O) groups excluding carboxylic acids is 1. The van der Waals surface area contributed by atoms with Crippen molar-refractivity contribution in [3.05, 3.63) is 0 Å². The highest BCUT2D eigenvalue weighted by molar-refractivity contribution is 6.01. The summed E-state index contributed by atoms with van der Waals surface area (Å²) in [6.45, 7) is 4.26. The van der Waals surface area contributed by atoms with E-state index in [1.54, 1.807) is 0 Å². The highest BCUT2D eigenvalue weighted by atomic mass is 16.5. The number of aliphatic imine (C=N–C) groups is 1. The van der Waals surface area contributed by atoms with Crippen molar-refractivity contribution in [1.82, 2.24) is 0 Å². The van der Waals surface area contributed by atoms with Gasteiger partial charge in [0.1, 0.15) is 0 Å². The molecule has 2 aliphatic rings. The molecule has 4 heteroatoms. The van der Waals surface area contributed by atoms with Gasteiger partial charge in [-0.2, -0.15) is 4.99 Å². The molecule has 2 N–H and O–H groups in total. The molecule has 84 valence electrons. The highest BCUT2D eigenvalue weighted by Crippen LogP contribution is 2.43. The summed E-state index contributed by atoms with van der Waals surface area (Å²) >= 11 is 0. The van der Waals surface area contributed by atoms with E-state index in [0.29, 0.717) is 5.92 Å². The maximum Gasteiger partial charge on any atom is 0.294 e. The van der Waals surface area contributed by atoms with Crippen molar-refractivity contribution >= 4 is 11.9 Å². The number of amides is 1. The smallest absolute Gasteiger partial charge is 0.294 e. The third-order valence-electron chi connectivity index (χ3n) is 3.58. The normalized spacial score (nSPS) is 35.8. The average molecular weight is 210 g/mol. The number of ether oxygens (including phenoxy) is 1. The minimum atomic E-state index is -0.726. The Morgan fingerprint density at radius 2 is 2.27 bits per heavy atom. The molecule has 15 heavy (non-hydrogen) atoms. The fourth-order valence-corrected chi connectivity index (χ4v) is 2.88. The lowest BCUT2D eigenvalue weighted by Crippen LogP contribution is -2.49. The highest BCUT2D eigenvalue weighted by Gasteiger charge is 2.53. The van der Waals surface area contributed by atoms with Crippen LogP contribution in [0.25, 0.3) is 0 Å². The first kappa shape index (κ1) is 10.5. The summed E-state index contributed by atoms with van der Waals surface area (Å²) in [7, 11) is 0. The summed E-state index contributed by atoms with van der Waals surface area (Å²) in [5.41, 5.74) is 4.77. The van der Waals surface area contributed by atoms with Crippen molar-refractivity contribution in [2.75, 3.05) is 0 Å². The van der Waals surface area contributed by atoms with Gasteiger partial charge < -0.3 is 10.5 Å². The minimum absolute atomic E-state index is 0.0487. The molecule has 2 unspecified atom stereocenters. The van der Waals surface area contributed by atoms with Crippen molar-refractivity contribution in [3.8, 4) is 0 Å². The molecule has 0 bridgehead atoms. The first-order valence-corrected chi connectivity index (χ1v) is 5.64. The zero-order chi connectivity index (χ0) is 11.1. The Balaban J connectivity index is 2.28. The number of carbonyl (C=O) groups is 1. The topological polar surface area (TPSA) is 64.7 Å². The number of hydrogen-bond donors (Lipinski definition) is 1. The first-order valence-electron chi connectivity index (χ1n) is 5.64. The van der Waals surface area contributed by atoms with E-state index in [2.05, 4.69) is 18.8 Å². The van der Waals surface area contributed by atoms with Gasteiger partial charge in [-0.25, -0.2) is 0 Å². The largest absolute Gasteiger partial charge is 0.448 e. The Bertz CT molecular complexity index is 312. The number of hydrogen-bond acceptors (Lipinski definition) is 3. The lowest BCUT2D eigenvalue weighted by Gasteiger charge is -2.40. The predicted octanol–water partition coefficient (Wildman–Crippen LogP) is 1.44. The SMILES string of the molecule is CC(C)C1CCCCC12OC(N)=NC2=O. The summed E-state index contributed by atoms with van der Waals surface area (Å²) in [6.07, 6.45) is 3.99. The van der Waals surface area contributed by atoms with Gasteiger partial charge in [-0.15, -0.1) is 0 Å². The van der Waals surface area contributed by atoms with Crippen LogP contribution >= 0.6 is 0 Å². The monoisotopic (exact) mass is 210 g/mol. The molecule has 2 atom stereocenters. The van der Waals surface area contributed by atoms with Crippen LogP contribution < -0.4 is 5.73 Å². The summed E-state index contributed by atoms with van der Waals surface area (Å²) < 4.78 is 5.55. The zero-order valence-electron chi connectivity index (χ0n) is 9.32. The number of rotatable bonds is 1. The van der Waals surface area contributed by atoms with Crippen LogP contribution in [-0.2, 0) is 9.53 Å². The predicted molar refractivity (Wildman–Crippen MR) is 57.2 cm³/mol. The Labute approximate surface area is 89.9 Å². The molecule has 0 aromatic carbocycles. The lowest BCUT2D eigenvalue weighted by atomic mass is 9.70. The van der Waals surface area contributed by atoms with Crippen molar-refractivity contribution in [1.29, 1.82) is 0 Å². The second kappa shape index (κ2) is 3.51. The van der Waals surface area contributed by atoms with Crippen LogP contribution in [0.1, 0.15) is 39.5 Å². The quantitative estimate of drug-likeness (QED) is 0.712. The Morgan fingerprint density at radius 1 is 1.53 bits per heavy atom. The molecule has 1 heterocycles. The van der Waals surface area contributed by atoms with E-state index >= 15 is 0 Å². The average Bonchev–Trinajstić information content (AvgIpc) is 2.42. The van der Waals surface area contributed by atoms with Gasteiger partial charge in [0, 0.05) is 5.92 Å². The van der Waals surface area contributed by atoms with Crippen LogP contribution in [0.5, 0.6) is 0 Å². The molecule has 0 aromatic rings. The van der Waals surface area contributed by atoms with Crippen molar-refractivity contribution in [2.24, 2.45) is 22.6 Å². The van der Waals surface area contributed by atoms with Crippen molar-refractivity contribution < 1.29 is 9.53 Å². The van der Waals surface area contributed by atoms with E-state index in [1.165, 1.54) is 6.42 Å².